The van der Waals surface area contributed by atoms with Crippen LogP contribution in [0, 0.1) is 0 Å². The molecule has 0 fully saturated rings. The van der Waals surface area contributed by atoms with Crippen LogP contribution in [0.5, 0.6) is 11.5 Å². The molecule has 0 aliphatic rings. The number of aliphatic hydroxyl groups excluding tert-OH is 1. The van der Waals surface area contributed by atoms with Crippen LogP contribution in [0.1, 0.15) is 30.6 Å². The Kier molecular flexibility index (Phi) is 4.42. The zero-order chi connectivity index (χ0) is 13.7. The number of ether oxygens (including phenoxy) is 1. The molecule has 0 radical (unpaired) electrons. The van der Waals surface area contributed by atoms with Crippen LogP contribution < -0.4 is 4.74 Å². The molecule has 19 heavy (non-hydrogen) atoms. The van der Waals surface area contributed by atoms with Crippen molar-refractivity contribution in [2.24, 2.45) is 0 Å². The number of phenolic OH excluding ortho intramolecular Hbond substituents is 1. The van der Waals surface area contributed by atoms with Gasteiger partial charge in [0.05, 0.1) is 6.10 Å². The Bertz CT molecular complexity index is 537. The molecule has 2 N–H and O–H groups in total. The van der Waals surface area contributed by atoms with Gasteiger partial charge in [-0.1, -0.05) is 37.3 Å². The molecule has 3 nitrogen and oxygen atoms in total. The van der Waals surface area contributed by atoms with Crippen LogP contribution >= 0.6 is 0 Å². The summed E-state index contributed by atoms with van der Waals surface area (Å²) in [5.74, 6) is 0.906. The second kappa shape index (κ2) is 6.25. The van der Waals surface area contributed by atoms with Crippen LogP contribution in [0.25, 0.3) is 0 Å². The molecule has 0 aliphatic heterocycles. The number of aromatic hydroxyl groups is 1. The van der Waals surface area contributed by atoms with Gasteiger partial charge in [0.2, 0.25) is 0 Å². The summed E-state index contributed by atoms with van der Waals surface area (Å²) in [7, 11) is 0. The van der Waals surface area contributed by atoms with E-state index in [0.717, 1.165) is 11.1 Å². The van der Waals surface area contributed by atoms with Crippen molar-refractivity contribution in [1.29, 1.82) is 0 Å². The Hall–Kier alpha value is -2.00. The Balaban J connectivity index is 2.11. The zero-order valence-electron chi connectivity index (χ0n) is 10.9. The summed E-state index contributed by atoms with van der Waals surface area (Å²) < 4.78 is 5.73. The topological polar surface area (TPSA) is 49.7 Å². The molecule has 0 spiro atoms. The summed E-state index contributed by atoms with van der Waals surface area (Å²) in [6.45, 7) is 2.29. The van der Waals surface area contributed by atoms with Gasteiger partial charge < -0.3 is 14.9 Å². The third-order valence-corrected chi connectivity index (χ3v) is 2.97. The Morgan fingerprint density at radius 2 is 1.89 bits per heavy atom. The molecule has 100 valence electrons. The van der Waals surface area contributed by atoms with Crippen LogP contribution in [-0.2, 0) is 6.61 Å². The van der Waals surface area contributed by atoms with E-state index < -0.39 is 6.10 Å². The van der Waals surface area contributed by atoms with E-state index in [1.165, 1.54) is 0 Å². The molecule has 0 heterocycles. The summed E-state index contributed by atoms with van der Waals surface area (Å²) in [6.07, 6.45) is 0.132. The van der Waals surface area contributed by atoms with Crippen molar-refractivity contribution < 1.29 is 14.9 Å². The number of benzene rings is 2. The highest BCUT2D eigenvalue weighted by molar-refractivity contribution is 5.35. The summed E-state index contributed by atoms with van der Waals surface area (Å²) in [5, 5.41) is 19.3. The molecule has 2 aromatic carbocycles. The molecular weight excluding hydrogens is 240 g/mol. The largest absolute Gasteiger partial charge is 0.508 e. The predicted octanol–water partition coefficient (Wildman–Crippen LogP) is 3.41. The van der Waals surface area contributed by atoms with Gasteiger partial charge in [-0.05, 0) is 30.2 Å². The highest BCUT2D eigenvalue weighted by Crippen LogP contribution is 2.27. The lowest BCUT2D eigenvalue weighted by Gasteiger charge is -2.15. The monoisotopic (exact) mass is 258 g/mol. The first-order valence-corrected chi connectivity index (χ1v) is 6.38. The lowest BCUT2D eigenvalue weighted by Crippen LogP contribution is -2.02. The van der Waals surface area contributed by atoms with Crippen LogP contribution in [0.4, 0.5) is 0 Å². The average molecular weight is 258 g/mol. The van der Waals surface area contributed by atoms with Gasteiger partial charge >= 0.3 is 0 Å². The Morgan fingerprint density at radius 3 is 2.63 bits per heavy atom. The van der Waals surface area contributed by atoms with Gasteiger partial charge in [0, 0.05) is 5.56 Å². The van der Waals surface area contributed by atoms with Crippen molar-refractivity contribution in [3.05, 3.63) is 59.7 Å². The summed E-state index contributed by atoms with van der Waals surface area (Å²) in [6, 6.07) is 14.4. The molecule has 0 saturated heterocycles. The number of rotatable bonds is 5. The number of aliphatic hydroxyl groups is 1. The maximum Gasteiger partial charge on any atom is 0.125 e. The molecule has 2 rings (SSSR count). The Morgan fingerprint density at radius 1 is 1.11 bits per heavy atom. The van der Waals surface area contributed by atoms with Crippen molar-refractivity contribution >= 4 is 0 Å². The first-order chi connectivity index (χ1) is 9.20. The third-order valence-electron chi connectivity index (χ3n) is 2.97. The van der Waals surface area contributed by atoms with Gasteiger partial charge in [0.15, 0.2) is 0 Å². The van der Waals surface area contributed by atoms with E-state index >= 15 is 0 Å². The van der Waals surface area contributed by atoms with E-state index in [1.54, 1.807) is 18.2 Å². The van der Waals surface area contributed by atoms with Crippen LogP contribution in [0.3, 0.4) is 0 Å². The minimum Gasteiger partial charge on any atom is -0.508 e. The van der Waals surface area contributed by atoms with Gasteiger partial charge in [0.1, 0.15) is 18.1 Å². The summed E-state index contributed by atoms with van der Waals surface area (Å²) >= 11 is 0. The van der Waals surface area contributed by atoms with E-state index in [2.05, 4.69) is 0 Å². The lowest BCUT2D eigenvalue weighted by molar-refractivity contribution is 0.166. The van der Waals surface area contributed by atoms with Crippen LogP contribution in [0.15, 0.2) is 48.5 Å². The first-order valence-electron chi connectivity index (χ1n) is 6.38. The number of hydrogen-bond donors (Lipinski definition) is 2. The fourth-order valence-corrected chi connectivity index (χ4v) is 1.91. The fraction of sp³-hybridized carbons (Fsp3) is 0.250. The van der Waals surface area contributed by atoms with Crippen LogP contribution in [0.2, 0.25) is 0 Å². The molecule has 0 aromatic heterocycles. The second-order valence-corrected chi connectivity index (χ2v) is 4.42. The van der Waals surface area contributed by atoms with Crippen LogP contribution in [-0.4, -0.2) is 10.2 Å². The molecule has 1 atom stereocenters. The van der Waals surface area contributed by atoms with Gasteiger partial charge in [-0.2, -0.15) is 0 Å². The number of para-hydroxylation sites is 1. The molecule has 2 aromatic rings. The summed E-state index contributed by atoms with van der Waals surface area (Å²) in [5.41, 5.74) is 1.69. The number of phenols is 1. The molecular formula is C16H18O3. The molecule has 0 aliphatic carbocycles. The van der Waals surface area contributed by atoms with Gasteiger partial charge in [-0.3, -0.25) is 0 Å². The quantitative estimate of drug-likeness (QED) is 0.864. The van der Waals surface area contributed by atoms with Gasteiger partial charge in [-0.25, -0.2) is 0 Å². The van der Waals surface area contributed by atoms with Gasteiger partial charge in [0.25, 0.3) is 0 Å². The molecule has 0 saturated carbocycles. The van der Waals surface area contributed by atoms with E-state index in [4.69, 9.17) is 4.74 Å². The molecule has 3 heteroatoms. The molecule has 0 unspecified atom stereocenters. The summed E-state index contributed by atoms with van der Waals surface area (Å²) in [4.78, 5) is 0. The van der Waals surface area contributed by atoms with Crippen molar-refractivity contribution in [1.82, 2.24) is 0 Å². The highest BCUT2D eigenvalue weighted by atomic mass is 16.5. The van der Waals surface area contributed by atoms with Gasteiger partial charge in [-0.15, -0.1) is 0 Å². The lowest BCUT2D eigenvalue weighted by atomic mass is 10.1. The standard InChI is InChI=1S/C16H18O3/c1-2-15(18)14-8-3-4-9-16(14)19-11-12-6-5-7-13(17)10-12/h3-10,15,17-18H,2,11H2,1H3/t15-/m0/s1. The SMILES string of the molecule is CC[C@H](O)c1ccccc1OCc1cccc(O)c1. The van der Waals surface area contributed by atoms with E-state index in [9.17, 15) is 10.2 Å². The van der Waals surface area contributed by atoms with Crippen molar-refractivity contribution in [3.63, 3.8) is 0 Å². The average Bonchev–Trinajstić information content (AvgIpc) is 2.45. The zero-order valence-corrected chi connectivity index (χ0v) is 10.9. The molecule has 0 bridgehead atoms. The highest BCUT2D eigenvalue weighted by Gasteiger charge is 2.11. The normalized spacial score (nSPS) is 12.1. The molecule has 0 amide bonds. The van der Waals surface area contributed by atoms with Crippen molar-refractivity contribution in [3.8, 4) is 11.5 Å². The Labute approximate surface area is 113 Å². The third kappa shape index (κ3) is 3.48. The minimum absolute atomic E-state index is 0.225. The minimum atomic E-state index is -0.514. The first kappa shape index (κ1) is 13.4. The maximum absolute atomic E-state index is 9.93. The smallest absolute Gasteiger partial charge is 0.125 e. The van der Waals surface area contributed by atoms with E-state index in [1.807, 2.05) is 37.3 Å². The number of hydrogen-bond acceptors (Lipinski definition) is 3. The van der Waals surface area contributed by atoms with Crippen molar-refractivity contribution in [2.75, 3.05) is 0 Å². The van der Waals surface area contributed by atoms with E-state index in [-0.39, 0.29) is 5.75 Å². The fourth-order valence-electron chi connectivity index (χ4n) is 1.91. The second-order valence-electron chi connectivity index (χ2n) is 4.42. The maximum atomic E-state index is 9.93. The predicted molar refractivity (Wildman–Crippen MR) is 74.1 cm³/mol. The van der Waals surface area contributed by atoms with Crippen molar-refractivity contribution in [2.45, 2.75) is 26.1 Å². The van der Waals surface area contributed by atoms with E-state index in [0.29, 0.717) is 18.8 Å².